The van der Waals surface area contributed by atoms with Gasteiger partial charge in [0.15, 0.2) is 0 Å². The standard InChI is InChI=1S/C17H12N2O2/c20-19(21)17-12-14-8-4-5-9-15(14)18-16(17)11-10-13-6-2-1-3-7-13/h1-12H/b11-10+. The normalized spacial score (nSPS) is 11.0. The number of fused-ring (bicyclic) bond motifs is 1. The largest absolute Gasteiger partial charge is 0.295 e. The van der Waals surface area contributed by atoms with Crippen LogP contribution < -0.4 is 0 Å². The lowest BCUT2D eigenvalue weighted by Gasteiger charge is -2.01. The van der Waals surface area contributed by atoms with Crippen LogP contribution >= 0.6 is 0 Å². The highest BCUT2D eigenvalue weighted by molar-refractivity contribution is 5.84. The Labute approximate surface area is 121 Å². The third kappa shape index (κ3) is 2.79. The van der Waals surface area contributed by atoms with Crippen molar-refractivity contribution in [2.75, 3.05) is 0 Å². The van der Waals surface area contributed by atoms with Crippen LogP contribution in [0.5, 0.6) is 0 Å². The summed E-state index contributed by atoms with van der Waals surface area (Å²) < 4.78 is 0. The minimum Gasteiger partial charge on any atom is -0.258 e. The maximum absolute atomic E-state index is 11.2. The summed E-state index contributed by atoms with van der Waals surface area (Å²) in [5.74, 6) is 0. The van der Waals surface area contributed by atoms with E-state index in [2.05, 4.69) is 4.98 Å². The van der Waals surface area contributed by atoms with Crippen LogP contribution in [0.2, 0.25) is 0 Å². The average molecular weight is 276 g/mol. The van der Waals surface area contributed by atoms with Gasteiger partial charge in [-0.3, -0.25) is 10.1 Å². The molecule has 0 radical (unpaired) electrons. The molecule has 1 aromatic heterocycles. The van der Waals surface area contributed by atoms with Crippen molar-refractivity contribution in [3.63, 3.8) is 0 Å². The van der Waals surface area contributed by atoms with E-state index in [9.17, 15) is 10.1 Å². The number of hydrogen-bond acceptors (Lipinski definition) is 3. The second-order valence-electron chi connectivity index (χ2n) is 4.59. The van der Waals surface area contributed by atoms with Crippen LogP contribution in [0.15, 0.2) is 60.7 Å². The van der Waals surface area contributed by atoms with Gasteiger partial charge in [-0.2, -0.15) is 0 Å². The zero-order chi connectivity index (χ0) is 14.7. The summed E-state index contributed by atoms with van der Waals surface area (Å²) >= 11 is 0. The fourth-order valence-corrected chi connectivity index (χ4v) is 2.13. The Morgan fingerprint density at radius 3 is 2.43 bits per heavy atom. The number of benzene rings is 2. The van der Waals surface area contributed by atoms with E-state index in [0.29, 0.717) is 5.69 Å². The molecule has 2 aromatic carbocycles. The summed E-state index contributed by atoms with van der Waals surface area (Å²) in [5.41, 5.74) is 2.10. The maximum Gasteiger partial charge on any atom is 0.295 e. The molecule has 0 aliphatic rings. The van der Waals surface area contributed by atoms with E-state index in [-0.39, 0.29) is 5.69 Å². The molecule has 3 aromatic rings. The first-order chi connectivity index (χ1) is 10.2. The number of nitro groups is 1. The molecule has 0 atom stereocenters. The van der Waals surface area contributed by atoms with Crippen molar-refractivity contribution in [1.82, 2.24) is 4.98 Å². The topological polar surface area (TPSA) is 56.0 Å². The van der Waals surface area contributed by atoms with Crippen LogP contribution in [0.3, 0.4) is 0 Å². The van der Waals surface area contributed by atoms with Crippen molar-refractivity contribution in [2.45, 2.75) is 0 Å². The van der Waals surface area contributed by atoms with Gasteiger partial charge < -0.3 is 0 Å². The van der Waals surface area contributed by atoms with Crippen LogP contribution in [0.4, 0.5) is 5.69 Å². The quantitative estimate of drug-likeness (QED) is 0.529. The molecule has 4 heteroatoms. The van der Waals surface area contributed by atoms with Crippen LogP contribution in [-0.2, 0) is 0 Å². The highest BCUT2D eigenvalue weighted by atomic mass is 16.6. The molecule has 0 unspecified atom stereocenters. The summed E-state index contributed by atoms with van der Waals surface area (Å²) in [6.45, 7) is 0. The maximum atomic E-state index is 11.2. The molecule has 1 heterocycles. The lowest BCUT2D eigenvalue weighted by atomic mass is 10.1. The molecule has 102 valence electrons. The lowest BCUT2D eigenvalue weighted by Crippen LogP contribution is -1.95. The van der Waals surface area contributed by atoms with Gasteiger partial charge >= 0.3 is 0 Å². The first kappa shape index (κ1) is 13.0. The molecule has 4 nitrogen and oxygen atoms in total. The minimum atomic E-state index is -0.399. The van der Waals surface area contributed by atoms with E-state index < -0.39 is 4.92 Å². The molecule has 0 aliphatic heterocycles. The van der Waals surface area contributed by atoms with Crippen LogP contribution in [0.25, 0.3) is 23.1 Å². The van der Waals surface area contributed by atoms with Gasteiger partial charge in [0.2, 0.25) is 0 Å². The fraction of sp³-hybridized carbons (Fsp3) is 0. The molecule has 0 amide bonds. The first-order valence-corrected chi connectivity index (χ1v) is 6.51. The van der Waals surface area contributed by atoms with Crippen molar-refractivity contribution in [2.24, 2.45) is 0 Å². The molecular formula is C17H12N2O2. The highest BCUT2D eigenvalue weighted by Gasteiger charge is 2.14. The predicted octanol–water partition coefficient (Wildman–Crippen LogP) is 4.31. The Hall–Kier alpha value is -3.01. The zero-order valence-electron chi connectivity index (χ0n) is 11.1. The Kier molecular flexibility index (Phi) is 3.43. The third-order valence-corrected chi connectivity index (χ3v) is 3.16. The minimum absolute atomic E-state index is 0.0147. The van der Waals surface area contributed by atoms with E-state index in [1.807, 2.05) is 60.7 Å². The molecule has 0 fully saturated rings. The monoisotopic (exact) mass is 276 g/mol. The fourth-order valence-electron chi connectivity index (χ4n) is 2.13. The lowest BCUT2D eigenvalue weighted by molar-refractivity contribution is -0.385. The van der Waals surface area contributed by atoms with Gasteiger partial charge in [-0.05, 0) is 17.7 Å². The number of rotatable bonds is 3. The highest BCUT2D eigenvalue weighted by Crippen LogP contribution is 2.24. The van der Waals surface area contributed by atoms with Crippen molar-refractivity contribution in [3.8, 4) is 0 Å². The molecular weight excluding hydrogens is 264 g/mol. The molecule has 0 saturated carbocycles. The zero-order valence-corrected chi connectivity index (χ0v) is 11.1. The van der Waals surface area contributed by atoms with Crippen LogP contribution in [0.1, 0.15) is 11.3 Å². The van der Waals surface area contributed by atoms with E-state index in [1.165, 1.54) is 0 Å². The van der Waals surface area contributed by atoms with Crippen molar-refractivity contribution >= 4 is 28.7 Å². The van der Waals surface area contributed by atoms with E-state index in [1.54, 1.807) is 12.1 Å². The summed E-state index contributed by atoms with van der Waals surface area (Å²) in [6.07, 6.45) is 3.50. The number of hydrogen-bond donors (Lipinski definition) is 0. The van der Waals surface area contributed by atoms with E-state index in [4.69, 9.17) is 0 Å². The Morgan fingerprint density at radius 2 is 1.67 bits per heavy atom. The molecule has 0 saturated heterocycles. The van der Waals surface area contributed by atoms with Gasteiger partial charge in [-0.1, -0.05) is 54.6 Å². The van der Waals surface area contributed by atoms with Crippen molar-refractivity contribution in [3.05, 3.63) is 82.0 Å². The van der Waals surface area contributed by atoms with Gasteiger partial charge in [-0.25, -0.2) is 4.98 Å². The van der Waals surface area contributed by atoms with E-state index >= 15 is 0 Å². The molecule has 3 rings (SSSR count). The predicted molar refractivity (Wildman–Crippen MR) is 83.8 cm³/mol. The molecule has 0 N–H and O–H groups in total. The summed E-state index contributed by atoms with van der Waals surface area (Å²) in [7, 11) is 0. The van der Waals surface area contributed by atoms with E-state index in [0.717, 1.165) is 16.5 Å². The molecule has 0 spiro atoms. The molecule has 21 heavy (non-hydrogen) atoms. The number of aromatic nitrogens is 1. The molecule has 0 aliphatic carbocycles. The SMILES string of the molecule is O=[N+]([O-])c1cc2ccccc2nc1/C=C/c1ccccc1. The van der Waals surface area contributed by atoms with Gasteiger partial charge in [0.1, 0.15) is 5.69 Å². The average Bonchev–Trinajstić information content (AvgIpc) is 2.53. The number of nitrogens with zero attached hydrogens (tertiary/aromatic N) is 2. The van der Waals surface area contributed by atoms with Crippen LogP contribution in [0, 0.1) is 10.1 Å². The van der Waals surface area contributed by atoms with Gasteiger partial charge in [0, 0.05) is 11.5 Å². The van der Waals surface area contributed by atoms with Gasteiger partial charge in [0.25, 0.3) is 5.69 Å². The van der Waals surface area contributed by atoms with Gasteiger partial charge in [0.05, 0.1) is 10.4 Å². The smallest absolute Gasteiger partial charge is 0.258 e. The number of pyridine rings is 1. The van der Waals surface area contributed by atoms with Crippen molar-refractivity contribution in [1.29, 1.82) is 0 Å². The summed E-state index contributed by atoms with van der Waals surface area (Å²) in [4.78, 5) is 15.2. The number of para-hydroxylation sites is 1. The Morgan fingerprint density at radius 1 is 0.952 bits per heavy atom. The first-order valence-electron chi connectivity index (χ1n) is 6.51. The summed E-state index contributed by atoms with van der Waals surface area (Å²) in [6, 6.07) is 18.6. The van der Waals surface area contributed by atoms with Gasteiger partial charge in [-0.15, -0.1) is 0 Å². The Balaban J connectivity index is 2.10. The molecule has 0 bridgehead atoms. The second kappa shape index (κ2) is 5.54. The van der Waals surface area contributed by atoms with Crippen LogP contribution in [-0.4, -0.2) is 9.91 Å². The third-order valence-electron chi connectivity index (χ3n) is 3.16. The Bertz CT molecular complexity index is 827. The summed E-state index contributed by atoms with van der Waals surface area (Å²) in [5, 5.41) is 12.0. The second-order valence-corrected chi connectivity index (χ2v) is 4.59. The van der Waals surface area contributed by atoms with Crippen molar-refractivity contribution < 1.29 is 4.92 Å².